The molecule has 1 nitrogen and oxygen atoms in total. The van der Waals surface area contributed by atoms with Crippen LogP contribution in [0.15, 0.2) is 36.5 Å². The number of pyridine rings is 1. The second kappa shape index (κ2) is 5.53. The predicted octanol–water partition coefficient (Wildman–Crippen LogP) is 4.53. The van der Waals surface area contributed by atoms with Crippen LogP contribution in [0.1, 0.15) is 33.3 Å². The van der Waals surface area contributed by atoms with E-state index >= 15 is 0 Å². The second-order valence-corrected chi connectivity index (χ2v) is 5.45. The number of hydrogen-bond acceptors (Lipinski definition) is 1. The SMILES string of the molecule is Cc1ccc(CC(Cl)c2cc(C)cc(C)c2)nc1. The first kappa shape index (κ1) is 13.1. The minimum Gasteiger partial charge on any atom is -0.261 e. The van der Waals surface area contributed by atoms with Gasteiger partial charge in [-0.05, 0) is 38.0 Å². The lowest BCUT2D eigenvalue weighted by Crippen LogP contribution is -1.99. The van der Waals surface area contributed by atoms with Crippen LogP contribution >= 0.6 is 11.6 Å². The molecule has 1 atom stereocenters. The molecule has 94 valence electrons. The monoisotopic (exact) mass is 259 g/mol. The van der Waals surface area contributed by atoms with Crippen molar-refractivity contribution in [2.45, 2.75) is 32.6 Å². The van der Waals surface area contributed by atoms with Crippen LogP contribution in [0, 0.1) is 20.8 Å². The molecule has 1 unspecified atom stereocenters. The topological polar surface area (TPSA) is 12.9 Å². The summed E-state index contributed by atoms with van der Waals surface area (Å²) in [6.07, 6.45) is 2.66. The molecule has 0 saturated heterocycles. The molecule has 0 aliphatic heterocycles. The summed E-state index contributed by atoms with van der Waals surface area (Å²) in [6.45, 7) is 6.24. The maximum atomic E-state index is 6.48. The fourth-order valence-corrected chi connectivity index (χ4v) is 2.40. The molecule has 0 aliphatic rings. The van der Waals surface area contributed by atoms with E-state index in [4.69, 9.17) is 11.6 Å². The van der Waals surface area contributed by atoms with Crippen molar-refractivity contribution < 1.29 is 0 Å². The molecule has 2 heteroatoms. The zero-order valence-electron chi connectivity index (χ0n) is 11.1. The van der Waals surface area contributed by atoms with Gasteiger partial charge in [0, 0.05) is 18.3 Å². The Morgan fingerprint density at radius 2 is 1.67 bits per heavy atom. The third-order valence-electron chi connectivity index (χ3n) is 2.97. The number of hydrogen-bond donors (Lipinski definition) is 0. The van der Waals surface area contributed by atoms with E-state index in [1.165, 1.54) is 22.3 Å². The van der Waals surface area contributed by atoms with Crippen LogP contribution < -0.4 is 0 Å². The van der Waals surface area contributed by atoms with E-state index in [2.05, 4.69) is 43.1 Å². The molecule has 2 rings (SSSR count). The number of aryl methyl sites for hydroxylation is 3. The van der Waals surface area contributed by atoms with Gasteiger partial charge >= 0.3 is 0 Å². The third-order valence-corrected chi connectivity index (χ3v) is 3.37. The van der Waals surface area contributed by atoms with Crippen molar-refractivity contribution in [3.8, 4) is 0 Å². The van der Waals surface area contributed by atoms with Crippen LogP contribution in [0.5, 0.6) is 0 Å². The molecule has 0 radical (unpaired) electrons. The number of nitrogens with zero attached hydrogens (tertiary/aromatic N) is 1. The molecule has 2 aromatic rings. The molecule has 1 heterocycles. The highest BCUT2D eigenvalue weighted by Gasteiger charge is 2.10. The van der Waals surface area contributed by atoms with E-state index in [1.54, 1.807) is 0 Å². The molecule has 0 aliphatic carbocycles. The maximum Gasteiger partial charge on any atom is 0.0640 e. The molecule has 18 heavy (non-hydrogen) atoms. The van der Waals surface area contributed by atoms with Gasteiger partial charge in [0.05, 0.1) is 5.38 Å². The average molecular weight is 260 g/mol. The summed E-state index contributed by atoms with van der Waals surface area (Å²) in [5.41, 5.74) is 5.91. The Morgan fingerprint density at radius 3 is 2.22 bits per heavy atom. The van der Waals surface area contributed by atoms with Crippen LogP contribution in [-0.2, 0) is 6.42 Å². The van der Waals surface area contributed by atoms with Gasteiger partial charge in [-0.1, -0.05) is 35.4 Å². The fraction of sp³-hybridized carbons (Fsp3) is 0.312. The highest BCUT2D eigenvalue weighted by Crippen LogP contribution is 2.26. The summed E-state index contributed by atoms with van der Waals surface area (Å²) in [5, 5.41) is -0.0150. The van der Waals surface area contributed by atoms with Crippen LogP contribution in [0.2, 0.25) is 0 Å². The first-order chi connectivity index (χ1) is 8.54. The quantitative estimate of drug-likeness (QED) is 0.738. The van der Waals surface area contributed by atoms with E-state index in [0.717, 1.165) is 12.1 Å². The van der Waals surface area contributed by atoms with Crippen molar-refractivity contribution in [2.75, 3.05) is 0 Å². The molecule has 1 aromatic heterocycles. The number of alkyl halides is 1. The van der Waals surface area contributed by atoms with E-state index in [-0.39, 0.29) is 5.38 Å². The van der Waals surface area contributed by atoms with Gasteiger partial charge in [0.1, 0.15) is 0 Å². The van der Waals surface area contributed by atoms with E-state index in [9.17, 15) is 0 Å². The lowest BCUT2D eigenvalue weighted by Gasteiger charge is -2.11. The van der Waals surface area contributed by atoms with Crippen molar-refractivity contribution in [3.05, 3.63) is 64.5 Å². The molecular formula is C16H18ClN. The van der Waals surface area contributed by atoms with Gasteiger partial charge in [0.25, 0.3) is 0 Å². The zero-order valence-corrected chi connectivity index (χ0v) is 11.8. The summed E-state index contributed by atoms with van der Waals surface area (Å²) < 4.78 is 0. The molecule has 0 fully saturated rings. The largest absolute Gasteiger partial charge is 0.261 e. The van der Waals surface area contributed by atoms with Crippen LogP contribution in [-0.4, -0.2) is 4.98 Å². The fourth-order valence-electron chi connectivity index (χ4n) is 2.11. The Balaban J connectivity index is 2.16. The highest BCUT2D eigenvalue weighted by atomic mass is 35.5. The van der Waals surface area contributed by atoms with E-state index in [1.807, 2.05) is 19.2 Å². The van der Waals surface area contributed by atoms with Gasteiger partial charge in [-0.2, -0.15) is 0 Å². The number of benzene rings is 1. The molecular weight excluding hydrogens is 242 g/mol. The molecule has 0 N–H and O–H groups in total. The second-order valence-electron chi connectivity index (χ2n) is 4.92. The Morgan fingerprint density at radius 1 is 1.00 bits per heavy atom. The van der Waals surface area contributed by atoms with Crippen molar-refractivity contribution in [1.82, 2.24) is 4.98 Å². The van der Waals surface area contributed by atoms with Gasteiger partial charge in [-0.15, -0.1) is 11.6 Å². The van der Waals surface area contributed by atoms with Crippen molar-refractivity contribution >= 4 is 11.6 Å². The standard InChI is InChI=1S/C16H18ClN/c1-11-4-5-15(18-10-11)9-16(17)14-7-12(2)6-13(3)8-14/h4-8,10,16H,9H2,1-3H3. The first-order valence-electron chi connectivity index (χ1n) is 6.18. The summed E-state index contributed by atoms with van der Waals surface area (Å²) >= 11 is 6.48. The van der Waals surface area contributed by atoms with Crippen molar-refractivity contribution in [2.24, 2.45) is 0 Å². The third kappa shape index (κ3) is 3.33. The van der Waals surface area contributed by atoms with Crippen molar-refractivity contribution in [1.29, 1.82) is 0 Å². The summed E-state index contributed by atoms with van der Waals surface area (Å²) in [6, 6.07) is 10.6. The Bertz CT molecular complexity index is 511. The minimum absolute atomic E-state index is 0.0150. The molecule has 1 aromatic carbocycles. The molecule has 0 amide bonds. The Kier molecular flexibility index (Phi) is 4.03. The van der Waals surface area contributed by atoms with Gasteiger partial charge in [-0.25, -0.2) is 0 Å². The maximum absolute atomic E-state index is 6.48. The molecule has 0 saturated carbocycles. The summed E-state index contributed by atoms with van der Waals surface area (Å²) in [7, 11) is 0. The van der Waals surface area contributed by atoms with Gasteiger partial charge in [0.15, 0.2) is 0 Å². The smallest absolute Gasteiger partial charge is 0.0640 e. The number of rotatable bonds is 3. The highest BCUT2D eigenvalue weighted by molar-refractivity contribution is 6.20. The number of halogens is 1. The van der Waals surface area contributed by atoms with Gasteiger partial charge in [-0.3, -0.25) is 4.98 Å². The Labute approximate surface area is 114 Å². The summed E-state index contributed by atoms with van der Waals surface area (Å²) in [5.74, 6) is 0. The van der Waals surface area contributed by atoms with E-state index < -0.39 is 0 Å². The minimum atomic E-state index is -0.0150. The number of aromatic nitrogens is 1. The van der Waals surface area contributed by atoms with Gasteiger partial charge in [0.2, 0.25) is 0 Å². The van der Waals surface area contributed by atoms with Crippen LogP contribution in [0.4, 0.5) is 0 Å². The van der Waals surface area contributed by atoms with Crippen molar-refractivity contribution in [3.63, 3.8) is 0 Å². The van der Waals surface area contributed by atoms with Crippen LogP contribution in [0.3, 0.4) is 0 Å². The van der Waals surface area contributed by atoms with E-state index in [0.29, 0.717) is 0 Å². The van der Waals surface area contributed by atoms with Gasteiger partial charge < -0.3 is 0 Å². The zero-order chi connectivity index (χ0) is 13.1. The molecule has 0 bridgehead atoms. The van der Waals surface area contributed by atoms with Crippen LogP contribution in [0.25, 0.3) is 0 Å². The normalized spacial score (nSPS) is 12.4. The summed E-state index contributed by atoms with van der Waals surface area (Å²) in [4.78, 5) is 4.40. The average Bonchev–Trinajstić information content (AvgIpc) is 2.31. The lowest BCUT2D eigenvalue weighted by molar-refractivity contribution is 0.876. The first-order valence-corrected chi connectivity index (χ1v) is 6.62. The Hall–Kier alpha value is -1.34. The molecule has 0 spiro atoms. The lowest BCUT2D eigenvalue weighted by atomic mass is 10.0. The predicted molar refractivity (Wildman–Crippen MR) is 77.2 cm³/mol.